The van der Waals surface area contributed by atoms with Crippen LogP contribution in [-0.2, 0) is 30.5 Å². The van der Waals surface area contributed by atoms with Crippen LogP contribution in [0.25, 0.3) is 5.57 Å². The van der Waals surface area contributed by atoms with Gasteiger partial charge in [-0.1, -0.05) is 61.9 Å². The largest absolute Gasteiger partial charge is 0.481 e. The van der Waals surface area contributed by atoms with Crippen molar-refractivity contribution in [2.75, 3.05) is 19.6 Å². The molecule has 0 unspecified atom stereocenters. The molecule has 0 atom stereocenters. The van der Waals surface area contributed by atoms with E-state index in [0.717, 1.165) is 38.6 Å². The van der Waals surface area contributed by atoms with Crippen LogP contribution >= 0.6 is 0 Å². The lowest BCUT2D eigenvalue weighted by Crippen LogP contribution is -2.50. The van der Waals surface area contributed by atoms with E-state index in [1.165, 1.54) is 39.0 Å². The molecule has 0 bridgehead atoms. The monoisotopic (exact) mass is 417 g/mol. The number of rotatable bonds is 8. The molecule has 1 fully saturated rings. The van der Waals surface area contributed by atoms with E-state index in [1.807, 2.05) is 0 Å². The number of nitrogens with zero attached hydrogens (tertiary/aromatic N) is 1. The third-order valence-corrected chi connectivity index (χ3v) is 6.89. The Kier molecular flexibility index (Phi) is 6.62. The number of likely N-dealkylation sites (tertiary alicyclic amines) is 1. The average Bonchev–Trinajstić information content (AvgIpc) is 2.70. The highest BCUT2D eigenvalue weighted by Gasteiger charge is 2.33. The van der Waals surface area contributed by atoms with Crippen molar-refractivity contribution in [3.63, 3.8) is 0 Å². The summed E-state index contributed by atoms with van der Waals surface area (Å²) in [6, 6.07) is 16.2. The van der Waals surface area contributed by atoms with Crippen LogP contribution in [0.15, 0.2) is 48.0 Å². The third kappa shape index (κ3) is 5.27. The molecule has 0 saturated carbocycles. The second-order valence-electron chi connectivity index (χ2n) is 9.86. The number of allylic oxidation sites excluding steroid dienone is 1. The van der Waals surface area contributed by atoms with Crippen molar-refractivity contribution < 1.29 is 9.90 Å². The summed E-state index contributed by atoms with van der Waals surface area (Å²) in [5.41, 5.74) is 10.0. The Balaban J connectivity index is 1.36. The first-order valence-electron chi connectivity index (χ1n) is 11.7. The lowest BCUT2D eigenvalue weighted by atomic mass is 9.84. The second-order valence-corrected chi connectivity index (χ2v) is 9.86. The first kappa shape index (κ1) is 21.8. The molecule has 3 nitrogen and oxygen atoms in total. The number of fused-ring (bicyclic) bond motifs is 1. The van der Waals surface area contributed by atoms with Gasteiger partial charge in [0.05, 0.1) is 5.92 Å². The summed E-state index contributed by atoms with van der Waals surface area (Å²) >= 11 is 0. The van der Waals surface area contributed by atoms with Crippen LogP contribution in [0, 0.1) is 11.8 Å². The third-order valence-electron chi connectivity index (χ3n) is 6.89. The standard InChI is InChI=1S/C28H35NO2/c1-19(2)14-22-7-4-21(5-8-22)6-9-23-10-13-27-20(3)25(12-11-24(27)15-23)16-29-17-26(18-29)28(30)31/h4-5,7-8,10,13,15,19,26H,6,9,11-12,14,16-18H2,1-3H3,(H,30,31). The van der Waals surface area contributed by atoms with Gasteiger partial charge in [0, 0.05) is 19.6 Å². The lowest BCUT2D eigenvalue weighted by molar-refractivity contribution is -0.147. The molecule has 2 aliphatic rings. The predicted octanol–water partition coefficient (Wildman–Crippen LogP) is 5.41. The van der Waals surface area contributed by atoms with Gasteiger partial charge in [0.15, 0.2) is 0 Å². The SMILES string of the molecule is CC1=C(CN2CC(C(=O)O)C2)CCc2cc(CCc3ccc(CC(C)C)cc3)ccc21. The van der Waals surface area contributed by atoms with Crippen LogP contribution in [0.3, 0.4) is 0 Å². The number of hydrogen-bond donors (Lipinski definition) is 1. The first-order chi connectivity index (χ1) is 14.9. The number of carboxylic acid groups (broad SMARTS) is 1. The molecule has 4 rings (SSSR count). The smallest absolute Gasteiger partial charge is 0.309 e. The molecule has 3 heteroatoms. The molecule has 0 amide bonds. The fourth-order valence-corrected chi connectivity index (χ4v) is 4.96. The van der Waals surface area contributed by atoms with Crippen molar-refractivity contribution in [1.29, 1.82) is 0 Å². The van der Waals surface area contributed by atoms with Crippen LogP contribution < -0.4 is 0 Å². The highest BCUT2D eigenvalue weighted by molar-refractivity contribution is 5.73. The molecular formula is C28H35NO2. The van der Waals surface area contributed by atoms with Crippen LogP contribution in [0.4, 0.5) is 0 Å². The van der Waals surface area contributed by atoms with Gasteiger partial charge in [-0.3, -0.25) is 9.69 Å². The Morgan fingerprint density at radius 2 is 1.65 bits per heavy atom. The van der Waals surface area contributed by atoms with E-state index in [9.17, 15) is 4.79 Å². The van der Waals surface area contributed by atoms with Crippen molar-refractivity contribution in [3.05, 3.63) is 75.9 Å². The maximum atomic E-state index is 11.0. The Hall–Kier alpha value is -2.39. The van der Waals surface area contributed by atoms with Crippen LogP contribution in [0.1, 0.15) is 55.0 Å². The van der Waals surface area contributed by atoms with Gasteiger partial charge in [0.1, 0.15) is 0 Å². The van der Waals surface area contributed by atoms with Crippen LogP contribution in [0.2, 0.25) is 0 Å². The molecule has 1 saturated heterocycles. The van der Waals surface area contributed by atoms with E-state index in [4.69, 9.17) is 5.11 Å². The van der Waals surface area contributed by atoms with Crippen molar-refractivity contribution in [3.8, 4) is 0 Å². The number of benzene rings is 2. The molecular weight excluding hydrogens is 382 g/mol. The maximum Gasteiger partial charge on any atom is 0.309 e. The molecule has 0 spiro atoms. The number of carboxylic acids is 1. The van der Waals surface area contributed by atoms with Crippen molar-refractivity contribution >= 4 is 11.5 Å². The zero-order chi connectivity index (χ0) is 22.0. The zero-order valence-electron chi connectivity index (χ0n) is 19.2. The van der Waals surface area contributed by atoms with Gasteiger partial charge in [-0.15, -0.1) is 0 Å². The van der Waals surface area contributed by atoms with Gasteiger partial charge >= 0.3 is 5.97 Å². The summed E-state index contributed by atoms with van der Waals surface area (Å²) in [6.07, 6.45) is 5.50. The normalized spacial score (nSPS) is 17.0. The van der Waals surface area contributed by atoms with Gasteiger partial charge < -0.3 is 5.11 Å². The van der Waals surface area contributed by atoms with Crippen molar-refractivity contribution in [2.45, 2.75) is 52.9 Å². The molecule has 1 N–H and O–H groups in total. The molecule has 2 aromatic rings. The minimum Gasteiger partial charge on any atom is -0.481 e. The molecule has 31 heavy (non-hydrogen) atoms. The summed E-state index contributed by atoms with van der Waals surface area (Å²) < 4.78 is 0. The van der Waals surface area contributed by atoms with E-state index < -0.39 is 5.97 Å². The van der Waals surface area contributed by atoms with E-state index in [1.54, 1.807) is 0 Å². The second kappa shape index (κ2) is 9.40. The number of hydrogen-bond acceptors (Lipinski definition) is 2. The molecule has 1 heterocycles. The highest BCUT2D eigenvalue weighted by Crippen LogP contribution is 2.33. The number of aryl methyl sites for hydroxylation is 3. The van der Waals surface area contributed by atoms with Gasteiger partial charge in [-0.2, -0.15) is 0 Å². The van der Waals surface area contributed by atoms with E-state index in [-0.39, 0.29) is 5.92 Å². The summed E-state index contributed by atoms with van der Waals surface area (Å²) in [5, 5.41) is 9.09. The summed E-state index contributed by atoms with van der Waals surface area (Å²) in [6.45, 7) is 9.07. The van der Waals surface area contributed by atoms with Gasteiger partial charge in [0.2, 0.25) is 0 Å². The summed E-state index contributed by atoms with van der Waals surface area (Å²) in [5.74, 6) is -0.132. The quantitative estimate of drug-likeness (QED) is 0.625. The number of aliphatic carboxylic acids is 1. The fourth-order valence-electron chi connectivity index (χ4n) is 4.96. The van der Waals surface area contributed by atoms with Crippen LogP contribution in [0.5, 0.6) is 0 Å². The average molecular weight is 418 g/mol. The van der Waals surface area contributed by atoms with E-state index in [2.05, 4.69) is 68.1 Å². The molecule has 164 valence electrons. The zero-order valence-corrected chi connectivity index (χ0v) is 19.2. The molecule has 2 aromatic carbocycles. The first-order valence-corrected chi connectivity index (χ1v) is 11.7. The molecule has 1 aliphatic heterocycles. The van der Waals surface area contributed by atoms with Gasteiger partial charge in [-0.05, 0) is 78.3 Å². The predicted molar refractivity (Wildman–Crippen MR) is 127 cm³/mol. The molecule has 0 aromatic heterocycles. The van der Waals surface area contributed by atoms with Gasteiger partial charge in [0.25, 0.3) is 0 Å². The van der Waals surface area contributed by atoms with Gasteiger partial charge in [-0.25, -0.2) is 0 Å². The highest BCUT2D eigenvalue weighted by atomic mass is 16.4. The van der Waals surface area contributed by atoms with Crippen molar-refractivity contribution in [2.24, 2.45) is 11.8 Å². The van der Waals surface area contributed by atoms with E-state index in [0.29, 0.717) is 19.0 Å². The fraction of sp³-hybridized carbons (Fsp3) is 0.464. The number of carbonyl (C=O) groups is 1. The Morgan fingerprint density at radius 3 is 2.32 bits per heavy atom. The van der Waals surface area contributed by atoms with E-state index >= 15 is 0 Å². The topological polar surface area (TPSA) is 40.5 Å². The Morgan fingerprint density at radius 1 is 1.00 bits per heavy atom. The minimum absolute atomic E-state index is 0.175. The Bertz CT molecular complexity index is 965. The maximum absolute atomic E-state index is 11.0. The van der Waals surface area contributed by atoms with Crippen molar-refractivity contribution in [1.82, 2.24) is 4.90 Å². The summed E-state index contributed by atoms with van der Waals surface area (Å²) in [7, 11) is 0. The minimum atomic E-state index is -0.657. The lowest BCUT2D eigenvalue weighted by Gasteiger charge is -2.38. The van der Waals surface area contributed by atoms with Crippen LogP contribution in [-0.4, -0.2) is 35.6 Å². The summed E-state index contributed by atoms with van der Waals surface area (Å²) in [4.78, 5) is 13.3. The molecule has 1 aliphatic carbocycles. The molecule has 0 radical (unpaired) electrons. The Labute approximate surface area is 186 Å².